The predicted octanol–water partition coefficient (Wildman–Crippen LogP) is 2.94. The van der Waals surface area contributed by atoms with Crippen LogP contribution in [0.3, 0.4) is 0 Å². The van der Waals surface area contributed by atoms with Crippen molar-refractivity contribution in [2.45, 2.75) is 13.5 Å². The van der Waals surface area contributed by atoms with Crippen molar-refractivity contribution < 1.29 is 4.74 Å². The molecule has 0 unspecified atom stereocenters. The van der Waals surface area contributed by atoms with Crippen LogP contribution in [0.4, 0.5) is 5.69 Å². The molecule has 0 aliphatic carbocycles. The highest BCUT2D eigenvalue weighted by Crippen LogP contribution is 2.22. The number of aromatic nitrogens is 3. The molecule has 24 heavy (non-hydrogen) atoms. The minimum atomic E-state index is 0.628. The standard InChI is InChI=1S/C18H17N5O/c1-14-9-16(5-8-18(14)24-2)11-23(22-12-20-21-13-22)17-6-3-15(10-19)4-7-17/h3-9,12-13H,11H2,1-2H3. The van der Waals surface area contributed by atoms with Gasteiger partial charge in [0.25, 0.3) is 0 Å². The van der Waals surface area contributed by atoms with E-state index < -0.39 is 0 Å². The summed E-state index contributed by atoms with van der Waals surface area (Å²) in [6.07, 6.45) is 3.29. The van der Waals surface area contributed by atoms with Crippen molar-refractivity contribution in [1.29, 1.82) is 5.26 Å². The van der Waals surface area contributed by atoms with E-state index in [1.54, 1.807) is 31.9 Å². The van der Waals surface area contributed by atoms with Gasteiger partial charge < -0.3 is 4.74 Å². The molecule has 0 atom stereocenters. The monoisotopic (exact) mass is 319 g/mol. The van der Waals surface area contributed by atoms with Gasteiger partial charge in [0.1, 0.15) is 18.4 Å². The van der Waals surface area contributed by atoms with Crippen molar-refractivity contribution in [3.05, 3.63) is 71.8 Å². The quantitative estimate of drug-likeness (QED) is 0.723. The average molecular weight is 319 g/mol. The third-order valence-corrected chi connectivity index (χ3v) is 3.77. The van der Waals surface area contributed by atoms with Crippen LogP contribution in [0, 0.1) is 18.3 Å². The van der Waals surface area contributed by atoms with E-state index in [4.69, 9.17) is 10.00 Å². The third-order valence-electron chi connectivity index (χ3n) is 3.77. The summed E-state index contributed by atoms with van der Waals surface area (Å²) in [7, 11) is 1.67. The third kappa shape index (κ3) is 3.20. The molecule has 0 amide bonds. The summed E-state index contributed by atoms with van der Waals surface area (Å²) >= 11 is 0. The minimum absolute atomic E-state index is 0.628. The number of nitrogens with zero attached hydrogens (tertiary/aromatic N) is 5. The second-order valence-corrected chi connectivity index (χ2v) is 5.36. The molecule has 0 radical (unpaired) electrons. The maximum absolute atomic E-state index is 8.97. The number of hydrogen-bond donors (Lipinski definition) is 0. The van der Waals surface area contributed by atoms with Crippen LogP contribution < -0.4 is 9.75 Å². The molecule has 0 N–H and O–H groups in total. The van der Waals surface area contributed by atoms with Gasteiger partial charge in [0.05, 0.1) is 31.0 Å². The molecule has 120 valence electrons. The summed E-state index contributed by atoms with van der Waals surface area (Å²) in [5.41, 5.74) is 3.79. The summed E-state index contributed by atoms with van der Waals surface area (Å²) in [5, 5.41) is 18.8. The number of nitriles is 1. The van der Waals surface area contributed by atoms with Gasteiger partial charge in [-0.2, -0.15) is 5.26 Å². The van der Waals surface area contributed by atoms with Crippen molar-refractivity contribution in [3.8, 4) is 11.8 Å². The zero-order chi connectivity index (χ0) is 16.9. The first-order valence-corrected chi connectivity index (χ1v) is 7.47. The first-order valence-electron chi connectivity index (χ1n) is 7.47. The molecule has 0 saturated heterocycles. The smallest absolute Gasteiger partial charge is 0.139 e. The fraction of sp³-hybridized carbons (Fsp3) is 0.167. The van der Waals surface area contributed by atoms with Crippen molar-refractivity contribution in [1.82, 2.24) is 14.9 Å². The highest BCUT2D eigenvalue weighted by atomic mass is 16.5. The van der Waals surface area contributed by atoms with Gasteiger partial charge in [-0.1, -0.05) is 12.1 Å². The maximum Gasteiger partial charge on any atom is 0.139 e. The molecule has 2 aromatic carbocycles. The average Bonchev–Trinajstić information content (AvgIpc) is 3.14. The van der Waals surface area contributed by atoms with Gasteiger partial charge in [0.2, 0.25) is 0 Å². The van der Waals surface area contributed by atoms with E-state index in [0.29, 0.717) is 12.1 Å². The van der Waals surface area contributed by atoms with Crippen LogP contribution in [0.1, 0.15) is 16.7 Å². The summed E-state index contributed by atoms with van der Waals surface area (Å²) in [4.78, 5) is 0. The first kappa shape index (κ1) is 15.6. The number of ether oxygens (including phenoxy) is 1. The van der Waals surface area contributed by atoms with Gasteiger partial charge >= 0.3 is 0 Å². The molecule has 1 heterocycles. The van der Waals surface area contributed by atoms with Crippen LogP contribution in [0.5, 0.6) is 5.75 Å². The lowest BCUT2D eigenvalue weighted by Crippen LogP contribution is -2.27. The van der Waals surface area contributed by atoms with Crippen molar-refractivity contribution >= 4 is 5.69 Å². The van der Waals surface area contributed by atoms with Crippen LogP contribution >= 0.6 is 0 Å². The highest BCUT2D eigenvalue weighted by molar-refractivity contribution is 5.50. The predicted molar refractivity (Wildman–Crippen MR) is 90.5 cm³/mol. The molecule has 6 heteroatoms. The second-order valence-electron chi connectivity index (χ2n) is 5.36. The molecular weight excluding hydrogens is 302 g/mol. The number of methoxy groups -OCH3 is 1. The van der Waals surface area contributed by atoms with Crippen LogP contribution in [-0.4, -0.2) is 22.0 Å². The number of aryl methyl sites for hydroxylation is 1. The number of anilines is 1. The molecule has 3 aromatic rings. The normalized spacial score (nSPS) is 10.2. The van der Waals surface area contributed by atoms with E-state index in [0.717, 1.165) is 22.6 Å². The summed E-state index contributed by atoms with van der Waals surface area (Å²) < 4.78 is 7.14. The van der Waals surface area contributed by atoms with Gasteiger partial charge in [0, 0.05) is 0 Å². The number of benzene rings is 2. The zero-order valence-corrected chi connectivity index (χ0v) is 13.5. The Morgan fingerprint density at radius 2 is 1.83 bits per heavy atom. The van der Waals surface area contributed by atoms with Gasteiger partial charge in [-0.25, -0.2) is 4.68 Å². The zero-order valence-electron chi connectivity index (χ0n) is 13.5. The summed E-state index contributed by atoms with van der Waals surface area (Å²) in [6.45, 7) is 2.65. The first-order chi connectivity index (χ1) is 11.7. The van der Waals surface area contributed by atoms with Crippen LogP contribution in [0.2, 0.25) is 0 Å². The van der Waals surface area contributed by atoms with Crippen molar-refractivity contribution in [3.63, 3.8) is 0 Å². The Hall–Kier alpha value is -3.33. The Kier molecular flexibility index (Phi) is 4.43. The van der Waals surface area contributed by atoms with E-state index in [1.807, 2.05) is 40.9 Å². The Balaban J connectivity index is 1.93. The Morgan fingerprint density at radius 1 is 1.12 bits per heavy atom. The van der Waals surface area contributed by atoms with E-state index in [9.17, 15) is 0 Å². The SMILES string of the molecule is COc1ccc(CN(c2ccc(C#N)cc2)n2cnnc2)cc1C. The van der Waals surface area contributed by atoms with E-state index in [2.05, 4.69) is 22.3 Å². The van der Waals surface area contributed by atoms with Gasteiger partial charge in [-0.3, -0.25) is 5.01 Å². The molecule has 6 nitrogen and oxygen atoms in total. The fourth-order valence-electron chi connectivity index (χ4n) is 2.55. The van der Waals surface area contributed by atoms with E-state index in [1.165, 1.54) is 0 Å². The van der Waals surface area contributed by atoms with Crippen LogP contribution in [0.25, 0.3) is 0 Å². The lowest BCUT2D eigenvalue weighted by molar-refractivity contribution is 0.411. The second kappa shape index (κ2) is 6.84. The lowest BCUT2D eigenvalue weighted by atomic mass is 10.1. The molecule has 0 aliphatic heterocycles. The number of hydrogen-bond acceptors (Lipinski definition) is 5. The molecule has 0 saturated carbocycles. The van der Waals surface area contributed by atoms with E-state index in [-0.39, 0.29) is 0 Å². The molecule has 0 aliphatic rings. The summed E-state index contributed by atoms with van der Waals surface area (Å²) in [6, 6.07) is 15.6. The Labute approximate surface area is 140 Å². The topological polar surface area (TPSA) is 67.0 Å². The van der Waals surface area contributed by atoms with Crippen LogP contribution in [-0.2, 0) is 6.54 Å². The van der Waals surface area contributed by atoms with E-state index >= 15 is 0 Å². The molecule has 1 aromatic heterocycles. The molecule has 0 fully saturated rings. The molecule has 0 spiro atoms. The molecule has 0 bridgehead atoms. The van der Waals surface area contributed by atoms with Gasteiger partial charge in [-0.05, 0) is 48.4 Å². The van der Waals surface area contributed by atoms with Gasteiger partial charge in [0.15, 0.2) is 0 Å². The van der Waals surface area contributed by atoms with Crippen LogP contribution in [0.15, 0.2) is 55.1 Å². The van der Waals surface area contributed by atoms with Crippen molar-refractivity contribution in [2.75, 3.05) is 12.1 Å². The highest BCUT2D eigenvalue weighted by Gasteiger charge is 2.11. The largest absolute Gasteiger partial charge is 0.496 e. The number of rotatable bonds is 5. The summed E-state index contributed by atoms with van der Waals surface area (Å²) in [5.74, 6) is 0.868. The Bertz CT molecular complexity index is 850. The van der Waals surface area contributed by atoms with Crippen molar-refractivity contribution in [2.24, 2.45) is 0 Å². The molecule has 3 rings (SSSR count). The lowest BCUT2D eigenvalue weighted by Gasteiger charge is -2.25. The van der Waals surface area contributed by atoms with Gasteiger partial charge in [-0.15, -0.1) is 10.2 Å². The fourth-order valence-corrected chi connectivity index (χ4v) is 2.55. The molecular formula is C18H17N5O. The maximum atomic E-state index is 8.97. The Morgan fingerprint density at radius 3 is 2.42 bits per heavy atom. The minimum Gasteiger partial charge on any atom is -0.496 e.